The Balaban J connectivity index is 1.54. The van der Waals surface area contributed by atoms with Gasteiger partial charge < -0.3 is 10.1 Å². The summed E-state index contributed by atoms with van der Waals surface area (Å²) in [6, 6.07) is 16.7. The van der Waals surface area contributed by atoms with Gasteiger partial charge in [-0.05, 0) is 80.1 Å². The van der Waals surface area contributed by atoms with E-state index in [4.69, 9.17) is 4.74 Å². The Kier molecular flexibility index (Phi) is 6.50. The number of benzene rings is 2. The molecule has 4 aromatic rings. The normalized spacial score (nSPS) is 10.8. The van der Waals surface area contributed by atoms with Crippen LogP contribution in [0.3, 0.4) is 0 Å². The lowest BCUT2D eigenvalue weighted by atomic mass is 10.1. The van der Waals surface area contributed by atoms with E-state index in [-0.39, 0.29) is 0 Å². The van der Waals surface area contributed by atoms with Gasteiger partial charge in [0.05, 0.1) is 27.3 Å². The number of rotatable bonds is 5. The quantitative estimate of drug-likeness (QED) is 0.280. The maximum absolute atomic E-state index is 12.9. The highest BCUT2D eigenvalue weighted by Crippen LogP contribution is 2.32. The zero-order valence-corrected chi connectivity index (χ0v) is 20.3. The Morgan fingerprint density at radius 1 is 1.06 bits per heavy atom. The summed E-state index contributed by atoms with van der Waals surface area (Å²) in [5.41, 5.74) is 3.38. The number of aromatic nitrogens is 1. The molecule has 0 fully saturated rings. The molecule has 1 N–H and O–H groups in total. The fraction of sp³-hybridized carbons (Fsp3) is 0.0870. The van der Waals surface area contributed by atoms with E-state index in [1.807, 2.05) is 60.8 Å². The first-order chi connectivity index (χ1) is 14.9. The molecule has 2 aromatic carbocycles. The van der Waals surface area contributed by atoms with Crippen LogP contribution in [0.4, 0.5) is 5.69 Å². The average Bonchev–Trinajstić information content (AvgIpc) is 3.28. The third-order valence-electron chi connectivity index (χ3n) is 4.49. The van der Waals surface area contributed by atoms with Gasteiger partial charge in [-0.15, -0.1) is 11.3 Å². The average molecular weight is 560 g/mol. The van der Waals surface area contributed by atoms with Gasteiger partial charge in [-0.1, -0.05) is 24.3 Å². The van der Waals surface area contributed by atoms with Gasteiger partial charge in [0, 0.05) is 14.3 Å². The fourth-order valence-electron chi connectivity index (χ4n) is 3.10. The van der Waals surface area contributed by atoms with Gasteiger partial charge in [-0.25, -0.2) is 9.78 Å². The number of esters is 1. The molecule has 2 aromatic heterocycles. The third kappa shape index (κ3) is 4.87. The fourth-order valence-corrected chi connectivity index (χ4v) is 5.40. The second kappa shape index (κ2) is 9.30. The second-order valence-corrected chi connectivity index (χ2v) is 9.43. The molecule has 0 saturated carbocycles. The van der Waals surface area contributed by atoms with Crippen molar-refractivity contribution >= 4 is 71.7 Å². The zero-order valence-electron chi connectivity index (χ0n) is 16.3. The smallest absolute Gasteiger partial charge is 0.339 e. The first kappa shape index (κ1) is 21.7. The number of fused-ring (bicyclic) bond motifs is 1. The zero-order chi connectivity index (χ0) is 22.0. The van der Waals surface area contributed by atoms with Crippen molar-refractivity contribution in [3.05, 3.63) is 80.0 Å². The van der Waals surface area contributed by atoms with Gasteiger partial charge in [0.2, 0.25) is 0 Å². The van der Waals surface area contributed by atoms with Crippen molar-refractivity contribution in [2.75, 3.05) is 11.9 Å². The molecule has 2 heterocycles. The number of pyridine rings is 1. The predicted octanol–water partition coefficient (Wildman–Crippen LogP) is 6.59. The summed E-state index contributed by atoms with van der Waals surface area (Å²) in [6.45, 7) is 1.54. The van der Waals surface area contributed by atoms with Crippen LogP contribution in [-0.4, -0.2) is 23.5 Å². The molecule has 0 radical (unpaired) electrons. The van der Waals surface area contributed by atoms with Crippen molar-refractivity contribution in [2.45, 2.75) is 6.92 Å². The van der Waals surface area contributed by atoms with Gasteiger partial charge in [-0.3, -0.25) is 4.79 Å². The molecule has 156 valence electrons. The monoisotopic (exact) mass is 558 g/mol. The summed E-state index contributed by atoms with van der Waals surface area (Å²) in [4.78, 5) is 30.9. The molecule has 0 aliphatic rings. The molecular formula is C23H16Br2N2O3S. The second-order valence-electron chi connectivity index (χ2n) is 6.78. The Labute approximate surface area is 199 Å². The third-order valence-corrected chi connectivity index (χ3v) is 6.64. The van der Waals surface area contributed by atoms with Crippen molar-refractivity contribution in [2.24, 2.45) is 0 Å². The number of thiophene rings is 1. The van der Waals surface area contributed by atoms with E-state index in [1.54, 1.807) is 17.4 Å². The van der Waals surface area contributed by atoms with E-state index in [0.29, 0.717) is 27.8 Å². The number of para-hydroxylation sites is 1. The summed E-state index contributed by atoms with van der Waals surface area (Å²) in [6.07, 6.45) is 0. The van der Waals surface area contributed by atoms with E-state index < -0.39 is 18.5 Å². The number of nitrogens with one attached hydrogen (secondary N) is 1. The van der Waals surface area contributed by atoms with Crippen LogP contribution in [0.1, 0.15) is 15.9 Å². The molecule has 0 unspecified atom stereocenters. The van der Waals surface area contributed by atoms with Crippen LogP contribution in [0, 0.1) is 6.92 Å². The largest absolute Gasteiger partial charge is 0.452 e. The van der Waals surface area contributed by atoms with Crippen LogP contribution in [0.2, 0.25) is 0 Å². The van der Waals surface area contributed by atoms with Gasteiger partial charge in [-0.2, -0.15) is 0 Å². The lowest BCUT2D eigenvalue weighted by molar-refractivity contribution is -0.119. The summed E-state index contributed by atoms with van der Waals surface area (Å²) in [7, 11) is 0. The molecule has 0 spiro atoms. The highest BCUT2D eigenvalue weighted by atomic mass is 79.9. The van der Waals surface area contributed by atoms with E-state index in [1.165, 1.54) is 0 Å². The maximum atomic E-state index is 12.9. The minimum absolute atomic E-state index is 0.375. The maximum Gasteiger partial charge on any atom is 0.339 e. The number of carbonyl (C=O) groups excluding carboxylic acids is 2. The molecule has 0 aliphatic carbocycles. The number of ether oxygens (including phenoxy) is 1. The topological polar surface area (TPSA) is 68.3 Å². The van der Waals surface area contributed by atoms with E-state index in [2.05, 4.69) is 42.2 Å². The number of anilines is 1. The van der Waals surface area contributed by atoms with Crippen molar-refractivity contribution in [1.82, 2.24) is 4.98 Å². The number of hydrogen-bond donors (Lipinski definition) is 1. The number of carbonyl (C=O) groups is 2. The standard InChI is InChI=1S/C23H16Br2N2O3S/c1-13-9-16(24)22(17(25)10-13)27-21(28)12-30-23(29)15-11-19(20-7-4-8-31-20)26-18-6-3-2-5-14(15)18/h2-11H,12H2,1H3,(H,27,28). The number of nitrogens with zero attached hydrogens (tertiary/aromatic N) is 1. The molecule has 31 heavy (non-hydrogen) atoms. The van der Waals surface area contributed by atoms with Gasteiger partial charge >= 0.3 is 5.97 Å². The van der Waals surface area contributed by atoms with Crippen LogP contribution in [0.25, 0.3) is 21.5 Å². The lowest BCUT2D eigenvalue weighted by Gasteiger charge is -2.12. The van der Waals surface area contributed by atoms with Crippen LogP contribution < -0.4 is 5.32 Å². The SMILES string of the molecule is Cc1cc(Br)c(NC(=O)COC(=O)c2cc(-c3cccs3)nc3ccccc23)c(Br)c1. The lowest BCUT2D eigenvalue weighted by Crippen LogP contribution is -2.21. The van der Waals surface area contributed by atoms with Crippen LogP contribution in [0.5, 0.6) is 0 Å². The van der Waals surface area contributed by atoms with E-state index in [9.17, 15) is 9.59 Å². The van der Waals surface area contributed by atoms with Crippen LogP contribution >= 0.6 is 43.2 Å². The van der Waals surface area contributed by atoms with Crippen molar-refractivity contribution in [1.29, 1.82) is 0 Å². The number of halogens is 2. The summed E-state index contributed by atoms with van der Waals surface area (Å²) >= 11 is 8.42. The number of amides is 1. The van der Waals surface area contributed by atoms with Gasteiger partial charge in [0.15, 0.2) is 6.61 Å². The van der Waals surface area contributed by atoms with Crippen LogP contribution in [-0.2, 0) is 9.53 Å². The molecule has 0 atom stereocenters. The van der Waals surface area contributed by atoms with Crippen molar-refractivity contribution < 1.29 is 14.3 Å². The summed E-state index contributed by atoms with van der Waals surface area (Å²) in [5.74, 6) is -1.01. The molecule has 1 amide bonds. The highest BCUT2D eigenvalue weighted by Gasteiger charge is 2.18. The molecule has 4 rings (SSSR count). The van der Waals surface area contributed by atoms with E-state index >= 15 is 0 Å². The Morgan fingerprint density at radius 3 is 2.52 bits per heavy atom. The molecule has 5 nitrogen and oxygen atoms in total. The van der Waals surface area contributed by atoms with Crippen molar-refractivity contribution in [3.63, 3.8) is 0 Å². The van der Waals surface area contributed by atoms with Gasteiger partial charge in [0.25, 0.3) is 5.91 Å². The van der Waals surface area contributed by atoms with Crippen molar-refractivity contribution in [3.8, 4) is 10.6 Å². The Hall–Kier alpha value is -2.55. The minimum Gasteiger partial charge on any atom is -0.452 e. The van der Waals surface area contributed by atoms with Crippen LogP contribution in [0.15, 0.2) is 68.9 Å². The first-order valence-corrected chi connectivity index (χ1v) is 11.7. The predicted molar refractivity (Wildman–Crippen MR) is 131 cm³/mol. The molecular weight excluding hydrogens is 544 g/mol. The molecule has 0 aliphatic heterocycles. The number of hydrogen-bond acceptors (Lipinski definition) is 5. The first-order valence-electron chi connectivity index (χ1n) is 9.28. The Bertz CT molecular complexity index is 1270. The number of aryl methyl sites for hydroxylation is 1. The molecule has 0 saturated heterocycles. The highest BCUT2D eigenvalue weighted by molar-refractivity contribution is 9.11. The van der Waals surface area contributed by atoms with Gasteiger partial charge in [0.1, 0.15) is 0 Å². The molecule has 8 heteroatoms. The van der Waals surface area contributed by atoms with E-state index in [0.717, 1.165) is 19.4 Å². The minimum atomic E-state index is -0.575. The summed E-state index contributed by atoms with van der Waals surface area (Å²) in [5, 5.41) is 5.40. The molecule has 0 bridgehead atoms. The Morgan fingerprint density at radius 2 is 1.81 bits per heavy atom. The summed E-state index contributed by atoms with van der Waals surface area (Å²) < 4.78 is 6.81.